The van der Waals surface area contributed by atoms with Gasteiger partial charge in [-0.25, -0.2) is 0 Å². The number of aliphatic hydroxyl groups excluding tert-OH is 1. The molecule has 16 heavy (non-hydrogen) atoms. The lowest BCUT2D eigenvalue weighted by Crippen LogP contribution is -2.28. The number of nitrogens with one attached hydrogen (secondary N) is 1. The van der Waals surface area contributed by atoms with Crippen LogP contribution in [0.4, 0.5) is 0 Å². The molecule has 2 N–H and O–H groups in total. The molecule has 88 valence electrons. The lowest BCUT2D eigenvalue weighted by molar-refractivity contribution is -0.124. The van der Waals surface area contributed by atoms with Gasteiger partial charge < -0.3 is 15.2 Å². The van der Waals surface area contributed by atoms with E-state index < -0.39 is 0 Å². The van der Waals surface area contributed by atoms with Crippen molar-refractivity contribution in [1.82, 2.24) is 5.32 Å². The van der Waals surface area contributed by atoms with Gasteiger partial charge in [0.1, 0.15) is 6.61 Å². The highest BCUT2D eigenvalue weighted by atomic mass is 16.5. The van der Waals surface area contributed by atoms with E-state index in [1.807, 2.05) is 24.3 Å². The molecule has 0 saturated carbocycles. The summed E-state index contributed by atoms with van der Waals surface area (Å²) in [7, 11) is 1.49. The van der Waals surface area contributed by atoms with Crippen molar-refractivity contribution < 1.29 is 14.6 Å². The Labute approximate surface area is 95.2 Å². The largest absolute Gasteiger partial charge is 0.392 e. The Morgan fingerprint density at radius 1 is 1.44 bits per heavy atom. The van der Waals surface area contributed by atoms with E-state index in [0.717, 1.165) is 17.5 Å². The van der Waals surface area contributed by atoms with Crippen molar-refractivity contribution in [1.29, 1.82) is 0 Å². The summed E-state index contributed by atoms with van der Waals surface area (Å²) in [6.45, 7) is 0.720. The van der Waals surface area contributed by atoms with Gasteiger partial charge in [0.15, 0.2) is 0 Å². The summed E-state index contributed by atoms with van der Waals surface area (Å²) in [6.07, 6.45) is 0.753. The van der Waals surface area contributed by atoms with Gasteiger partial charge in [-0.2, -0.15) is 0 Å². The fourth-order valence-electron chi connectivity index (χ4n) is 1.41. The van der Waals surface area contributed by atoms with Crippen LogP contribution in [0.15, 0.2) is 24.3 Å². The third kappa shape index (κ3) is 4.42. The second-order valence-electron chi connectivity index (χ2n) is 3.51. The Morgan fingerprint density at radius 2 is 2.19 bits per heavy atom. The van der Waals surface area contributed by atoms with Crippen molar-refractivity contribution in [2.24, 2.45) is 0 Å². The summed E-state index contributed by atoms with van der Waals surface area (Å²) in [5.41, 5.74) is 1.99. The first-order valence-electron chi connectivity index (χ1n) is 5.20. The van der Waals surface area contributed by atoms with Gasteiger partial charge in [0, 0.05) is 13.7 Å². The molecule has 0 aliphatic carbocycles. The van der Waals surface area contributed by atoms with Crippen molar-refractivity contribution in [3.8, 4) is 0 Å². The van der Waals surface area contributed by atoms with Gasteiger partial charge in [-0.1, -0.05) is 24.3 Å². The van der Waals surface area contributed by atoms with Crippen molar-refractivity contribution in [3.63, 3.8) is 0 Å². The van der Waals surface area contributed by atoms with Crippen molar-refractivity contribution in [3.05, 3.63) is 35.4 Å². The first-order chi connectivity index (χ1) is 7.76. The molecule has 1 aromatic carbocycles. The summed E-state index contributed by atoms with van der Waals surface area (Å²) in [6, 6.07) is 7.68. The molecule has 0 aliphatic rings. The molecule has 0 aromatic heterocycles. The standard InChI is InChI=1S/C12H17NO3/c1-16-9-12(15)13-6-5-10-3-2-4-11(7-10)8-14/h2-4,7,14H,5-6,8-9H2,1H3,(H,13,15). The van der Waals surface area contributed by atoms with Crippen LogP contribution in [0.5, 0.6) is 0 Å². The quantitative estimate of drug-likeness (QED) is 0.737. The number of rotatable bonds is 6. The minimum absolute atomic E-state index is 0.0455. The maximum absolute atomic E-state index is 11.1. The molecule has 0 saturated heterocycles. The first kappa shape index (κ1) is 12.7. The molecule has 0 heterocycles. The highest BCUT2D eigenvalue weighted by molar-refractivity contribution is 5.77. The van der Waals surface area contributed by atoms with Crippen LogP contribution in [-0.4, -0.2) is 31.3 Å². The van der Waals surface area contributed by atoms with Gasteiger partial charge in [-0.05, 0) is 17.5 Å². The highest BCUT2D eigenvalue weighted by Crippen LogP contribution is 2.05. The zero-order valence-corrected chi connectivity index (χ0v) is 9.40. The molecule has 0 radical (unpaired) electrons. The first-order valence-corrected chi connectivity index (χ1v) is 5.20. The van der Waals surface area contributed by atoms with Crippen LogP contribution in [0.3, 0.4) is 0 Å². The summed E-state index contributed by atoms with van der Waals surface area (Å²) in [4.78, 5) is 11.1. The number of methoxy groups -OCH3 is 1. The normalized spacial score (nSPS) is 10.1. The topological polar surface area (TPSA) is 58.6 Å². The number of hydrogen-bond donors (Lipinski definition) is 2. The van der Waals surface area contributed by atoms with Gasteiger partial charge in [0.2, 0.25) is 5.91 Å². The Balaban J connectivity index is 2.34. The average molecular weight is 223 g/mol. The minimum Gasteiger partial charge on any atom is -0.392 e. The van der Waals surface area contributed by atoms with E-state index in [0.29, 0.717) is 6.54 Å². The molecule has 4 nitrogen and oxygen atoms in total. The Bertz CT molecular complexity index is 339. The second kappa shape index (κ2) is 6.98. The highest BCUT2D eigenvalue weighted by Gasteiger charge is 1.99. The van der Waals surface area contributed by atoms with Gasteiger partial charge in [0.25, 0.3) is 0 Å². The Kier molecular flexibility index (Phi) is 5.53. The van der Waals surface area contributed by atoms with E-state index in [2.05, 4.69) is 5.32 Å². The van der Waals surface area contributed by atoms with E-state index >= 15 is 0 Å². The third-order valence-electron chi connectivity index (χ3n) is 2.19. The van der Waals surface area contributed by atoms with E-state index in [1.165, 1.54) is 7.11 Å². The average Bonchev–Trinajstić information content (AvgIpc) is 2.30. The molecule has 4 heteroatoms. The number of carbonyl (C=O) groups is 1. The van der Waals surface area contributed by atoms with Crippen LogP contribution >= 0.6 is 0 Å². The summed E-state index contributed by atoms with van der Waals surface area (Å²) in [5.74, 6) is -0.110. The molecular weight excluding hydrogens is 206 g/mol. The maximum Gasteiger partial charge on any atom is 0.245 e. The van der Waals surface area contributed by atoms with E-state index in [9.17, 15) is 4.79 Å². The predicted octanol–water partition coefficient (Wildman–Crippen LogP) is 0.484. The molecule has 0 aliphatic heterocycles. The van der Waals surface area contributed by atoms with Crippen LogP contribution in [0.2, 0.25) is 0 Å². The lowest BCUT2D eigenvalue weighted by Gasteiger charge is -2.05. The molecule has 0 unspecified atom stereocenters. The van der Waals surface area contributed by atoms with Crippen LogP contribution in [0.25, 0.3) is 0 Å². The number of ether oxygens (including phenoxy) is 1. The molecule has 1 amide bonds. The van der Waals surface area contributed by atoms with Gasteiger partial charge in [-0.15, -0.1) is 0 Å². The van der Waals surface area contributed by atoms with Crippen LogP contribution in [0.1, 0.15) is 11.1 Å². The number of benzene rings is 1. The van der Waals surface area contributed by atoms with Crippen LogP contribution in [0, 0.1) is 0 Å². The van der Waals surface area contributed by atoms with Crippen molar-refractivity contribution in [2.45, 2.75) is 13.0 Å². The summed E-state index contributed by atoms with van der Waals surface area (Å²) >= 11 is 0. The molecule has 1 rings (SSSR count). The number of carbonyl (C=O) groups excluding carboxylic acids is 1. The summed E-state index contributed by atoms with van der Waals surface area (Å²) < 4.78 is 4.70. The third-order valence-corrected chi connectivity index (χ3v) is 2.19. The molecule has 1 aromatic rings. The van der Waals surface area contributed by atoms with E-state index in [1.54, 1.807) is 0 Å². The number of amides is 1. The van der Waals surface area contributed by atoms with Gasteiger partial charge >= 0.3 is 0 Å². The second-order valence-corrected chi connectivity index (χ2v) is 3.51. The fourth-order valence-corrected chi connectivity index (χ4v) is 1.41. The lowest BCUT2D eigenvalue weighted by atomic mass is 10.1. The van der Waals surface area contributed by atoms with Gasteiger partial charge in [0.05, 0.1) is 6.61 Å². The Morgan fingerprint density at radius 3 is 2.88 bits per heavy atom. The van der Waals surface area contributed by atoms with E-state index in [-0.39, 0.29) is 19.1 Å². The van der Waals surface area contributed by atoms with Crippen LogP contribution in [-0.2, 0) is 22.6 Å². The molecule has 0 bridgehead atoms. The zero-order chi connectivity index (χ0) is 11.8. The van der Waals surface area contributed by atoms with Crippen LogP contribution < -0.4 is 5.32 Å². The summed E-state index contributed by atoms with van der Waals surface area (Å²) in [5, 5.41) is 11.7. The molecule has 0 fully saturated rings. The molecule has 0 atom stereocenters. The predicted molar refractivity (Wildman–Crippen MR) is 61.0 cm³/mol. The van der Waals surface area contributed by atoms with E-state index in [4.69, 9.17) is 9.84 Å². The monoisotopic (exact) mass is 223 g/mol. The van der Waals surface area contributed by atoms with Crippen molar-refractivity contribution >= 4 is 5.91 Å². The molecular formula is C12H17NO3. The smallest absolute Gasteiger partial charge is 0.245 e. The zero-order valence-electron chi connectivity index (χ0n) is 9.40. The molecule has 0 spiro atoms. The SMILES string of the molecule is COCC(=O)NCCc1cccc(CO)c1. The fraction of sp³-hybridized carbons (Fsp3) is 0.417. The number of hydrogen-bond acceptors (Lipinski definition) is 3. The van der Waals surface area contributed by atoms with Gasteiger partial charge in [-0.3, -0.25) is 4.79 Å². The van der Waals surface area contributed by atoms with Crippen molar-refractivity contribution in [2.75, 3.05) is 20.3 Å². The maximum atomic E-state index is 11.1. The minimum atomic E-state index is -0.110. The number of aliphatic hydroxyl groups is 1. The Hall–Kier alpha value is -1.39.